The van der Waals surface area contributed by atoms with Crippen LogP contribution >= 0.6 is 0 Å². The molecule has 0 bridgehead atoms. The van der Waals surface area contributed by atoms with Gasteiger partial charge in [0.25, 0.3) is 0 Å². The number of hydrogen-bond acceptors (Lipinski definition) is 4. The highest BCUT2D eigenvalue weighted by Crippen LogP contribution is 2.26. The van der Waals surface area contributed by atoms with Gasteiger partial charge in [-0.3, -0.25) is 0 Å². The summed E-state index contributed by atoms with van der Waals surface area (Å²) < 4.78 is 9.82. The molecule has 0 aromatic rings. The Balaban J connectivity index is 1.80. The van der Waals surface area contributed by atoms with Crippen LogP contribution in [0.15, 0.2) is 0 Å². The fourth-order valence-electron chi connectivity index (χ4n) is 2.38. The molecule has 0 spiro atoms. The lowest BCUT2D eigenvalue weighted by atomic mass is 9.92. The third-order valence-electron chi connectivity index (χ3n) is 3.16. The van der Waals surface area contributed by atoms with Crippen molar-refractivity contribution in [2.75, 3.05) is 13.2 Å². The number of nitrogens with zero attached hydrogens (tertiary/aromatic N) is 1. The van der Waals surface area contributed by atoms with Gasteiger partial charge in [-0.2, -0.15) is 0 Å². The largest absolute Gasteiger partial charge is 0.448 e. The summed E-state index contributed by atoms with van der Waals surface area (Å²) in [6, 6.07) is 0.225. The van der Waals surface area contributed by atoms with Crippen molar-refractivity contribution >= 4 is 12.2 Å². The monoisotopic (exact) mass is 228 g/mol. The van der Waals surface area contributed by atoms with Crippen molar-refractivity contribution in [3.05, 3.63) is 0 Å². The Morgan fingerprint density at radius 3 is 2.56 bits per heavy atom. The average molecular weight is 228 g/mol. The van der Waals surface area contributed by atoms with Gasteiger partial charge in [-0.15, -0.1) is 0 Å². The number of carbonyl (C=O) groups is 2. The fourth-order valence-corrected chi connectivity index (χ4v) is 2.38. The molecule has 2 amide bonds. The fraction of sp³-hybridized carbons (Fsp3) is 0.800. The number of rotatable bonds is 2. The number of primary amides is 1. The summed E-state index contributed by atoms with van der Waals surface area (Å²) in [5.74, 6) is 0. The first-order chi connectivity index (χ1) is 7.66. The van der Waals surface area contributed by atoms with Crippen molar-refractivity contribution in [2.45, 2.75) is 37.8 Å². The van der Waals surface area contributed by atoms with E-state index in [1.165, 1.54) is 0 Å². The Kier molecular flexibility index (Phi) is 3.17. The van der Waals surface area contributed by atoms with Gasteiger partial charge in [-0.25, -0.2) is 9.59 Å². The first kappa shape index (κ1) is 11.0. The van der Waals surface area contributed by atoms with E-state index < -0.39 is 6.09 Å². The Hall–Kier alpha value is -1.46. The van der Waals surface area contributed by atoms with Crippen LogP contribution in [0.1, 0.15) is 25.7 Å². The summed E-state index contributed by atoms with van der Waals surface area (Å²) in [4.78, 5) is 23.7. The molecular formula is C10H16N2O4. The highest BCUT2D eigenvalue weighted by atomic mass is 16.6. The lowest BCUT2D eigenvalue weighted by molar-refractivity contribution is 0.0609. The topological polar surface area (TPSA) is 81.9 Å². The van der Waals surface area contributed by atoms with Crippen molar-refractivity contribution in [1.29, 1.82) is 0 Å². The van der Waals surface area contributed by atoms with Crippen molar-refractivity contribution in [3.63, 3.8) is 0 Å². The minimum atomic E-state index is -0.718. The van der Waals surface area contributed by atoms with Crippen LogP contribution in [0.2, 0.25) is 0 Å². The molecule has 6 heteroatoms. The summed E-state index contributed by atoms with van der Waals surface area (Å²) in [6.07, 6.45) is 2.17. The molecule has 16 heavy (non-hydrogen) atoms. The smallest absolute Gasteiger partial charge is 0.410 e. The molecule has 90 valence electrons. The zero-order valence-corrected chi connectivity index (χ0v) is 9.05. The van der Waals surface area contributed by atoms with E-state index in [4.69, 9.17) is 15.2 Å². The number of ether oxygens (including phenoxy) is 2. The van der Waals surface area contributed by atoms with Crippen molar-refractivity contribution in [1.82, 2.24) is 4.90 Å². The molecule has 0 aromatic carbocycles. The second-order valence-corrected chi connectivity index (χ2v) is 4.18. The van der Waals surface area contributed by atoms with E-state index >= 15 is 0 Å². The van der Waals surface area contributed by atoms with Crippen molar-refractivity contribution in [2.24, 2.45) is 5.73 Å². The molecule has 0 unspecified atom stereocenters. The summed E-state index contributed by atoms with van der Waals surface area (Å²) in [5, 5.41) is 0. The molecule has 6 nitrogen and oxygen atoms in total. The number of nitrogens with two attached hydrogens (primary N) is 1. The van der Waals surface area contributed by atoms with E-state index in [1.807, 2.05) is 0 Å². The predicted molar refractivity (Wildman–Crippen MR) is 54.8 cm³/mol. The summed E-state index contributed by atoms with van der Waals surface area (Å²) in [7, 11) is 0. The van der Waals surface area contributed by atoms with Crippen LogP contribution in [0, 0.1) is 0 Å². The molecule has 0 radical (unpaired) electrons. The van der Waals surface area contributed by atoms with Crippen LogP contribution in [-0.2, 0) is 9.47 Å². The van der Waals surface area contributed by atoms with E-state index in [0.717, 1.165) is 25.7 Å². The van der Waals surface area contributed by atoms with Gasteiger partial charge in [0.1, 0.15) is 12.7 Å². The van der Waals surface area contributed by atoms with Crippen LogP contribution in [0.3, 0.4) is 0 Å². The quantitative estimate of drug-likeness (QED) is 0.759. The first-order valence-electron chi connectivity index (χ1n) is 5.56. The van der Waals surface area contributed by atoms with E-state index in [2.05, 4.69) is 0 Å². The summed E-state index contributed by atoms with van der Waals surface area (Å²) in [6.45, 7) is 1.15. The zero-order valence-electron chi connectivity index (χ0n) is 9.05. The Morgan fingerprint density at radius 2 is 2.06 bits per heavy atom. The maximum Gasteiger partial charge on any atom is 0.410 e. The maximum atomic E-state index is 11.3. The van der Waals surface area contributed by atoms with Crippen molar-refractivity contribution < 1.29 is 19.1 Å². The number of carbonyl (C=O) groups excluding carboxylic acids is 2. The minimum Gasteiger partial charge on any atom is -0.448 e. The first-order valence-corrected chi connectivity index (χ1v) is 5.56. The Bertz CT molecular complexity index is 287. The predicted octanol–water partition coefficient (Wildman–Crippen LogP) is 0.845. The zero-order chi connectivity index (χ0) is 11.5. The molecule has 1 aliphatic carbocycles. The van der Waals surface area contributed by atoms with Crippen LogP contribution < -0.4 is 5.73 Å². The lowest BCUT2D eigenvalue weighted by Crippen LogP contribution is -2.40. The third kappa shape index (κ3) is 2.37. The highest BCUT2D eigenvalue weighted by molar-refractivity contribution is 5.69. The summed E-state index contributed by atoms with van der Waals surface area (Å²) >= 11 is 0. The SMILES string of the molecule is NC(=O)OC1CCC(N2CCOC2=O)CC1. The van der Waals surface area contributed by atoms with Crippen LogP contribution in [-0.4, -0.2) is 42.4 Å². The van der Waals surface area contributed by atoms with E-state index in [9.17, 15) is 9.59 Å². The number of hydrogen-bond donors (Lipinski definition) is 1. The van der Waals surface area contributed by atoms with Crippen LogP contribution in [0.5, 0.6) is 0 Å². The molecule has 2 aliphatic rings. The van der Waals surface area contributed by atoms with Gasteiger partial charge in [0.05, 0.1) is 6.54 Å². The van der Waals surface area contributed by atoms with Gasteiger partial charge in [0, 0.05) is 6.04 Å². The third-order valence-corrected chi connectivity index (χ3v) is 3.16. The normalized spacial score (nSPS) is 30.0. The molecule has 1 heterocycles. The standard InChI is InChI=1S/C10H16N2O4/c11-9(13)16-8-3-1-7(2-4-8)12-5-6-15-10(12)14/h7-8H,1-6H2,(H2,11,13). The maximum absolute atomic E-state index is 11.3. The van der Waals surface area contributed by atoms with E-state index in [0.29, 0.717) is 13.2 Å². The van der Waals surface area contributed by atoms with Gasteiger partial charge in [0.15, 0.2) is 0 Å². The van der Waals surface area contributed by atoms with Crippen LogP contribution in [0.4, 0.5) is 9.59 Å². The molecule has 0 aromatic heterocycles. The average Bonchev–Trinajstić information content (AvgIpc) is 2.65. The van der Waals surface area contributed by atoms with Gasteiger partial charge >= 0.3 is 12.2 Å². The Morgan fingerprint density at radius 1 is 1.38 bits per heavy atom. The molecular weight excluding hydrogens is 212 g/mol. The molecule has 0 atom stereocenters. The van der Waals surface area contributed by atoms with E-state index in [1.54, 1.807) is 4.90 Å². The molecule has 1 aliphatic heterocycles. The summed E-state index contributed by atoms with van der Waals surface area (Å²) in [5.41, 5.74) is 4.96. The van der Waals surface area contributed by atoms with Gasteiger partial charge < -0.3 is 20.1 Å². The highest BCUT2D eigenvalue weighted by Gasteiger charge is 2.33. The van der Waals surface area contributed by atoms with Crippen LogP contribution in [0.25, 0.3) is 0 Å². The molecule has 2 rings (SSSR count). The molecule has 2 fully saturated rings. The minimum absolute atomic E-state index is 0.0904. The molecule has 1 saturated carbocycles. The van der Waals surface area contributed by atoms with Gasteiger partial charge in [0.2, 0.25) is 0 Å². The number of amides is 2. The Labute approximate surface area is 93.7 Å². The second-order valence-electron chi connectivity index (χ2n) is 4.18. The number of cyclic esters (lactones) is 1. The van der Waals surface area contributed by atoms with Gasteiger partial charge in [-0.1, -0.05) is 0 Å². The molecule has 2 N–H and O–H groups in total. The van der Waals surface area contributed by atoms with E-state index in [-0.39, 0.29) is 18.2 Å². The molecule has 1 saturated heterocycles. The van der Waals surface area contributed by atoms with Gasteiger partial charge in [-0.05, 0) is 25.7 Å². The second kappa shape index (κ2) is 4.59. The van der Waals surface area contributed by atoms with Crippen molar-refractivity contribution in [3.8, 4) is 0 Å². The lowest BCUT2D eigenvalue weighted by Gasteiger charge is -2.32.